The van der Waals surface area contributed by atoms with Crippen LogP contribution in [0.5, 0.6) is 5.75 Å². The number of hydrogen-bond acceptors (Lipinski definition) is 6. The van der Waals surface area contributed by atoms with E-state index < -0.39 is 0 Å². The van der Waals surface area contributed by atoms with Gasteiger partial charge in [-0.05, 0) is 54.0 Å². The number of phenolic OH excluding ortho intramolecular Hbond substituents is 1. The Morgan fingerprint density at radius 2 is 1.96 bits per heavy atom. The molecule has 1 unspecified atom stereocenters. The summed E-state index contributed by atoms with van der Waals surface area (Å²) in [6.45, 7) is 6.44. The first-order valence-electron chi connectivity index (χ1n) is 8.45. The smallest absolute Gasteiger partial charge is 0.230 e. The van der Waals surface area contributed by atoms with Gasteiger partial charge in [0.25, 0.3) is 0 Å². The van der Waals surface area contributed by atoms with Crippen LogP contribution in [0.25, 0.3) is 5.69 Å². The van der Waals surface area contributed by atoms with Gasteiger partial charge >= 0.3 is 0 Å². The highest BCUT2D eigenvalue weighted by atomic mass is 32.2. The van der Waals surface area contributed by atoms with Crippen molar-refractivity contribution in [3.05, 3.63) is 24.3 Å². The van der Waals surface area contributed by atoms with Crippen molar-refractivity contribution >= 4 is 17.7 Å². The van der Waals surface area contributed by atoms with Crippen LogP contribution in [0.15, 0.2) is 29.4 Å². The van der Waals surface area contributed by atoms with Crippen LogP contribution in [0, 0.1) is 5.92 Å². The second-order valence-corrected chi connectivity index (χ2v) is 7.41. The number of carbonyl (C=O) groups is 1. The Bertz CT molecular complexity index is 672. The Hall–Kier alpha value is -2.09. The monoisotopic (exact) mass is 363 g/mol. The molecule has 0 spiro atoms. The fourth-order valence-corrected chi connectivity index (χ4v) is 3.08. The van der Waals surface area contributed by atoms with E-state index in [0.29, 0.717) is 11.1 Å². The molecule has 0 aliphatic rings. The summed E-state index contributed by atoms with van der Waals surface area (Å²) in [4.78, 5) is 12.1. The highest BCUT2D eigenvalue weighted by Gasteiger charge is 2.13. The molecule has 0 aliphatic heterocycles. The molecule has 1 heterocycles. The summed E-state index contributed by atoms with van der Waals surface area (Å²) in [5.74, 6) is 1.10. The first-order valence-corrected chi connectivity index (χ1v) is 9.44. The number of carbonyl (C=O) groups excluding carboxylic acids is 1. The minimum atomic E-state index is -0.0256. The molecule has 0 saturated carbocycles. The number of amides is 1. The molecular weight excluding hydrogens is 338 g/mol. The van der Waals surface area contributed by atoms with Crippen molar-refractivity contribution < 1.29 is 9.90 Å². The van der Waals surface area contributed by atoms with Gasteiger partial charge in [0, 0.05) is 6.04 Å². The van der Waals surface area contributed by atoms with Gasteiger partial charge in [-0.1, -0.05) is 38.5 Å². The number of tetrazole rings is 1. The number of nitrogens with one attached hydrogen (secondary N) is 1. The summed E-state index contributed by atoms with van der Waals surface area (Å²) in [7, 11) is 0. The molecule has 25 heavy (non-hydrogen) atoms. The molecule has 1 atom stereocenters. The van der Waals surface area contributed by atoms with Crippen LogP contribution in [-0.4, -0.2) is 43.0 Å². The van der Waals surface area contributed by atoms with E-state index >= 15 is 0 Å². The van der Waals surface area contributed by atoms with Crippen LogP contribution in [0.2, 0.25) is 0 Å². The molecule has 0 radical (unpaired) electrons. The molecule has 0 saturated heterocycles. The van der Waals surface area contributed by atoms with Crippen molar-refractivity contribution in [1.82, 2.24) is 25.5 Å². The summed E-state index contributed by atoms with van der Waals surface area (Å²) in [6, 6.07) is 6.73. The number of hydrogen-bond donors (Lipinski definition) is 2. The van der Waals surface area contributed by atoms with E-state index in [-0.39, 0.29) is 23.5 Å². The lowest BCUT2D eigenvalue weighted by atomic mass is 10.0. The van der Waals surface area contributed by atoms with Gasteiger partial charge in [-0.15, -0.1) is 5.10 Å². The van der Waals surface area contributed by atoms with E-state index in [1.807, 2.05) is 6.92 Å². The molecule has 2 N–H and O–H groups in total. The number of phenols is 1. The van der Waals surface area contributed by atoms with Crippen molar-refractivity contribution in [1.29, 1.82) is 0 Å². The Morgan fingerprint density at radius 1 is 1.24 bits per heavy atom. The number of rotatable bonds is 9. The van der Waals surface area contributed by atoms with Crippen molar-refractivity contribution in [2.45, 2.75) is 51.2 Å². The molecule has 8 heteroatoms. The van der Waals surface area contributed by atoms with Crippen LogP contribution >= 0.6 is 11.8 Å². The topological polar surface area (TPSA) is 92.9 Å². The van der Waals surface area contributed by atoms with E-state index in [2.05, 4.69) is 34.7 Å². The third-order valence-corrected chi connectivity index (χ3v) is 4.61. The third-order valence-electron chi connectivity index (χ3n) is 3.69. The summed E-state index contributed by atoms with van der Waals surface area (Å²) in [5, 5.41) is 24.5. The van der Waals surface area contributed by atoms with E-state index in [1.54, 1.807) is 28.9 Å². The minimum absolute atomic E-state index is 0.0256. The fraction of sp³-hybridized carbons (Fsp3) is 0.529. The normalized spacial score (nSPS) is 12.3. The van der Waals surface area contributed by atoms with Crippen LogP contribution in [0.1, 0.15) is 40.0 Å². The standard InChI is InChI=1S/C17H25N5O2S/c1-12(2)5-4-6-13(3)18-16(24)11-25-17-19-20-21-22(17)14-7-9-15(23)10-8-14/h7-10,12-13,23H,4-6,11H2,1-3H3,(H,18,24). The maximum absolute atomic E-state index is 12.1. The van der Waals surface area contributed by atoms with Gasteiger partial charge < -0.3 is 10.4 Å². The maximum atomic E-state index is 12.1. The number of thioether (sulfide) groups is 1. The van der Waals surface area contributed by atoms with Crippen molar-refractivity contribution in [3.8, 4) is 11.4 Å². The summed E-state index contributed by atoms with van der Waals surface area (Å²) in [5.41, 5.74) is 0.729. The predicted molar refractivity (Wildman–Crippen MR) is 97.8 cm³/mol. The molecule has 0 bridgehead atoms. The highest BCUT2D eigenvalue weighted by Crippen LogP contribution is 2.19. The number of aromatic nitrogens is 4. The second kappa shape index (κ2) is 9.41. The molecule has 1 amide bonds. The number of aromatic hydroxyl groups is 1. The highest BCUT2D eigenvalue weighted by molar-refractivity contribution is 7.99. The minimum Gasteiger partial charge on any atom is -0.508 e. The quantitative estimate of drug-likeness (QED) is 0.666. The van der Waals surface area contributed by atoms with Crippen molar-refractivity contribution in [3.63, 3.8) is 0 Å². The summed E-state index contributed by atoms with van der Waals surface area (Å²) < 4.78 is 1.55. The zero-order valence-corrected chi connectivity index (χ0v) is 15.7. The largest absolute Gasteiger partial charge is 0.508 e. The first-order chi connectivity index (χ1) is 12.0. The molecule has 0 aliphatic carbocycles. The lowest BCUT2D eigenvalue weighted by molar-refractivity contribution is -0.119. The second-order valence-electron chi connectivity index (χ2n) is 6.47. The molecule has 136 valence electrons. The summed E-state index contributed by atoms with van der Waals surface area (Å²) in [6.07, 6.45) is 3.28. The predicted octanol–water partition coefficient (Wildman–Crippen LogP) is 2.79. The van der Waals surface area contributed by atoms with E-state index in [0.717, 1.165) is 18.5 Å². The van der Waals surface area contributed by atoms with Gasteiger partial charge in [-0.3, -0.25) is 4.79 Å². The average Bonchev–Trinajstić information content (AvgIpc) is 3.01. The lowest BCUT2D eigenvalue weighted by Crippen LogP contribution is -2.33. The van der Waals surface area contributed by atoms with E-state index in [1.165, 1.54) is 18.2 Å². The molecule has 7 nitrogen and oxygen atoms in total. The van der Waals surface area contributed by atoms with Crippen molar-refractivity contribution in [2.24, 2.45) is 5.92 Å². The zero-order valence-electron chi connectivity index (χ0n) is 14.8. The molecule has 2 rings (SSSR count). The first kappa shape index (κ1) is 19.2. The van der Waals surface area contributed by atoms with E-state index in [4.69, 9.17) is 0 Å². The van der Waals surface area contributed by atoms with Gasteiger partial charge in [0.1, 0.15) is 5.75 Å². The van der Waals surface area contributed by atoms with Gasteiger partial charge in [0.2, 0.25) is 11.1 Å². The number of benzene rings is 1. The van der Waals surface area contributed by atoms with Crippen molar-refractivity contribution in [2.75, 3.05) is 5.75 Å². The van der Waals surface area contributed by atoms with Crippen LogP contribution in [-0.2, 0) is 4.79 Å². The van der Waals surface area contributed by atoms with E-state index in [9.17, 15) is 9.90 Å². The zero-order chi connectivity index (χ0) is 18.2. The molecule has 1 aromatic carbocycles. The Morgan fingerprint density at radius 3 is 2.64 bits per heavy atom. The average molecular weight is 363 g/mol. The van der Waals surface area contributed by atoms with Gasteiger partial charge in [0.15, 0.2) is 0 Å². The third kappa shape index (κ3) is 6.38. The molecule has 0 fully saturated rings. The number of nitrogens with zero attached hydrogens (tertiary/aromatic N) is 4. The van der Waals surface area contributed by atoms with Gasteiger partial charge in [-0.2, -0.15) is 4.68 Å². The van der Waals surface area contributed by atoms with Gasteiger partial charge in [0.05, 0.1) is 11.4 Å². The Balaban J connectivity index is 1.82. The SMILES string of the molecule is CC(C)CCCC(C)NC(=O)CSc1nnnn1-c1ccc(O)cc1. The summed E-state index contributed by atoms with van der Waals surface area (Å²) >= 11 is 1.28. The molecule has 1 aromatic heterocycles. The molecular formula is C17H25N5O2S. The van der Waals surface area contributed by atoms with Gasteiger partial charge in [-0.25, -0.2) is 0 Å². The molecule has 2 aromatic rings. The Kier molecular flexibility index (Phi) is 7.24. The Labute approximate surface area is 152 Å². The van der Waals surface area contributed by atoms with Crippen LogP contribution in [0.3, 0.4) is 0 Å². The maximum Gasteiger partial charge on any atom is 0.230 e. The van der Waals surface area contributed by atoms with Crippen LogP contribution in [0.4, 0.5) is 0 Å². The fourth-order valence-electron chi connectivity index (χ4n) is 2.38. The lowest BCUT2D eigenvalue weighted by Gasteiger charge is -2.14. The van der Waals surface area contributed by atoms with Crippen LogP contribution < -0.4 is 5.32 Å².